The Morgan fingerprint density at radius 3 is 2.55 bits per heavy atom. The molecule has 0 aromatic heterocycles. The Kier molecular flexibility index (Phi) is 5.46. The third-order valence-electron chi connectivity index (χ3n) is 5.48. The minimum atomic E-state index is -1.09. The monoisotopic (exact) mass is 421 g/mol. The van der Waals surface area contributed by atoms with Crippen molar-refractivity contribution in [2.45, 2.75) is 26.4 Å². The van der Waals surface area contributed by atoms with Gasteiger partial charge in [-0.3, -0.25) is 24.1 Å². The largest absolute Gasteiger partial charge is 0.452 e. The van der Waals surface area contributed by atoms with Gasteiger partial charge < -0.3 is 15.0 Å². The van der Waals surface area contributed by atoms with Gasteiger partial charge in [0.1, 0.15) is 6.54 Å². The van der Waals surface area contributed by atoms with Crippen molar-refractivity contribution in [2.24, 2.45) is 5.92 Å². The Hall–Kier alpha value is -3.68. The number of hydrogen-bond acceptors (Lipinski definition) is 5. The van der Waals surface area contributed by atoms with Crippen LogP contribution in [0.15, 0.2) is 48.5 Å². The van der Waals surface area contributed by atoms with E-state index in [9.17, 15) is 19.2 Å². The highest BCUT2D eigenvalue weighted by Gasteiger charge is 2.38. The molecule has 2 heterocycles. The van der Waals surface area contributed by atoms with Crippen LogP contribution >= 0.6 is 0 Å². The predicted octanol–water partition coefficient (Wildman–Crippen LogP) is 2.26. The molecule has 2 aromatic rings. The number of amides is 3. The van der Waals surface area contributed by atoms with Crippen LogP contribution in [-0.4, -0.2) is 42.9 Å². The fourth-order valence-electron chi connectivity index (χ4n) is 3.81. The normalized spacial score (nSPS) is 19.0. The Morgan fingerprint density at radius 1 is 1.10 bits per heavy atom. The number of ether oxygens (including phenoxy) is 1. The molecule has 0 unspecified atom stereocenters. The molecule has 2 aliphatic heterocycles. The van der Waals surface area contributed by atoms with Crippen LogP contribution in [0.1, 0.15) is 18.9 Å². The average Bonchev–Trinajstić information content (AvgIpc) is 3.14. The molecule has 2 aromatic carbocycles. The number of aryl methyl sites for hydroxylation is 1. The van der Waals surface area contributed by atoms with Crippen LogP contribution in [0.2, 0.25) is 0 Å². The van der Waals surface area contributed by atoms with Gasteiger partial charge in [-0.15, -0.1) is 0 Å². The van der Waals surface area contributed by atoms with Crippen LogP contribution in [0.3, 0.4) is 0 Å². The highest BCUT2D eigenvalue weighted by atomic mass is 16.5. The molecule has 2 aliphatic rings. The topological polar surface area (TPSA) is 96.0 Å². The van der Waals surface area contributed by atoms with E-state index in [0.29, 0.717) is 11.4 Å². The summed E-state index contributed by atoms with van der Waals surface area (Å²) in [5.41, 5.74) is 2.88. The number of nitrogens with one attached hydrogen (secondary N) is 1. The number of anilines is 3. The van der Waals surface area contributed by atoms with Gasteiger partial charge in [-0.1, -0.05) is 29.8 Å². The van der Waals surface area contributed by atoms with Crippen LogP contribution in [0.5, 0.6) is 0 Å². The summed E-state index contributed by atoms with van der Waals surface area (Å²) in [6.07, 6.45) is -1.06. The van der Waals surface area contributed by atoms with Gasteiger partial charge in [-0.05, 0) is 38.1 Å². The van der Waals surface area contributed by atoms with Gasteiger partial charge in [-0.2, -0.15) is 0 Å². The van der Waals surface area contributed by atoms with Gasteiger partial charge >= 0.3 is 5.97 Å². The van der Waals surface area contributed by atoms with Crippen molar-refractivity contribution in [3.05, 3.63) is 54.1 Å². The molecule has 160 valence electrons. The zero-order valence-corrected chi connectivity index (χ0v) is 17.3. The van der Waals surface area contributed by atoms with Crippen molar-refractivity contribution in [1.29, 1.82) is 0 Å². The molecule has 4 rings (SSSR count). The molecule has 31 heavy (non-hydrogen) atoms. The van der Waals surface area contributed by atoms with Crippen molar-refractivity contribution in [1.82, 2.24) is 0 Å². The minimum absolute atomic E-state index is 0.0303. The highest BCUT2D eigenvalue weighted by molar-refractivity contribution is 6.11. The van der Waals surface area contributed by atoms with Gasteiger partial charge in [0.25, 0.3) is 5.91 Å². The second-order valence-corrected chi connectivity index (χ2v) is 7.81. The molecular weight excluding hydrogens is 398 g/mol. The quantitative estimate of drug-likeness (QED) is 0.764. The molecular formula is C23H23N3O5. The molecule has 3 amide bonds. The van der Waals surface area contributed by atoms with Gasteiger partial charge in [0.15, 0.2) is 6.10 Å². The lowest BCUT2D eigenvalue weighted by Gasteiger charge is -2.31. The number of rotatable bonds is 4. The van der Waals surface area contributed by atoms with E-state index in [-0.39, 0.29) is 31.3 Å². The number of fused-ring (bicyclic) bond motifs is 1. The van der Waals surface area contributed by atoms with Crippen LogP contribution in [-0.2, 0) is 23.9 Å². The summed E-state index contributed by atoms with van der Waals surface area (Å²) < 4.78 is 5.41. The molecule has 0 bridgehead atoms. The number of nitrogens with zero attached hydrogens (tertiary/aromatic N) is 2. The van der Waals surface area contributed by atoms with Crippen LogP contribution in [0.25, 0.3) is 0 Å². The third kappa shape index (κ3) is 4.14. The smallest absolute Gasteiger partial charge is 0.312 e. The van der Waals surface area contributed by atoms with E-state index < -0.39 is 23.9 Å². The van der Waals surface area contributed by atoms with Crippen molar-refractivity contribution < 1.29 is 23.9 Å². The van der Waals surface area contributed by atoms with E-state index in [0.717, 1.165) is 11.3 Å². The first-order valence-corrected chi connectivity index (χ1v) is 10.1. The first kappa shape index (κ1) is 20.6. The summed E-state index contributed by atoms with van der Waals surface area (Å²) in [7, 11) is 0. The number of carbonyl (C=O) groups excluding carboxylic acids is 4. The Morgan fingerprint density at radius 2 is 1.81 bits per heavy atom. The lowest BCUT2D eigenvalue weighted by molar-refractivity contribution is -0.157. The van der Waals surface area contributed by atoms with E-state index >= 15 is 0 Å². The first-order valence-electron chi connectivity index (χ1n) is 10.1. The summed E-state index contributed by atoms with van der Waals surface area (Å²) in [6, 6.07) is 14.4. The van der Waals surface area contributed by atoms with Crippen molar-refractivity contribution in [3.63, 3.8) is 0 Å². The van der Waals surface area contributed by atoms with E-state index in [1.807, 2.05) is 31.2 Å². The molecule has 0 spiro atoms. The standard InChI is InChI=1S/C23H23N3O5/c1-14-7-9-17(10-8-14)25-12-16(11-21(25)28)23(30)31-15(2)22(29)26-13-20(27)24-18-5-3-4-6-19(18)26/h3-10,15-16H,11-13H2,1-2H3,(H,24,27)/t15-,16-/m0/s1. The number of esters is 1. The maximum atomic E-state index is 12.9. The maximum absolute atomic E-state index is 12.9. The lowest BCUT2D eigenvalue weighted by Crippen LogP contribution is -2.47. The van der Waals surface area contributed by atoms with Crippen molar-refractivity contribution >= 4 is 40.8 Å². The van der Waals surface area contributed by atoms with E-state index in [1.165, 1.54) is 11.8 Å². The highest BCUT2D eigenvalue weighted by Crippen LogP contribution is 2.30. The van der Waals surface area contributed by atoms with Crippen molar-refractivity contribution in [3.8, 4) is 0 Å². The number of para-hydroxylation sites is 2. The van der Waals surface area contributed by atoms with Gasteiger partial charge in [-0.25, -0.2) is 0 Å². The summed E-state index contributed by atoms with van der Waals surface area (Å²) in [4.78, 5) is 52.9. The maximum Gasteiger partial charge on any atom is 0.312 e. The van der Waals surface area contributed by atoms with Crippen molar-refractivity contribution in [2.75, 3.05) is 28.2 Å². The summed E-state index contributed by atoms with van der Waals surface area (Å²) in [5, 5.41) is 2.71. The number of carbonyl (C=O) groups is 4. The fraction of sp³-hybridized carbons (Fsp3) is 0.304. The zero-order valence-electron chi connectivity index (χ0n) is 17.3. The number of benzene rings is 2. The second kappa shape index (κ2) is 8.22. The Bertz CT molecular complexity index is 1050. The van der Waals surface area contributed by atoms with Crippen LogP contribution in [0.4, 0.5) is 17.1 Å². The molecule has 8 heteroatoms. The summed E-state index contributed by atoms with van der Waals surface area (Å²) in [5.74, 6) is -2.22. The summed E-state index contributed by atoms with van der Waals surface area (Å²) in [6.45, 7) is 3.49. The molecule has 1 fully saturated rings. The molecule has 0 aliphatic carbocycles. The fourth-order valence-corrected chi connectivity index (χ4v) is 3.81. The molecule has 0 radical (unpaired) electrons. The second-order valence-electron chi connectivity index (χ2n) is 7.81. The van der Waals surface area contributed by atoms with Crippen LogP contribution < -0.4 is 15.1 Å². The zero-order chi connectivity index (χ0) is 22.1. The Labute approximate surface area is 179 Å². The van der Waals surface area contributed by atoms with Gasteiger partial charge in [0.2, 0.25) is 11.8 Å². The first-order chi connectivity index (χ1) is 14.8. The van der Waals surface area contributed by atoms with Gasteiger partial charge in [0.05, 0.1) is 17.3 Å². The summed E-state index contributed by atoms with van der Waals surface area (Å²) >= 11 is 0. The minimum Gasteiger partial charge on any atom is -0.452 e. The molecule has 2 atom stereocenters. The van der Waals surface area contributed by atoms with E-state index in [4.69, 9.17) is 4.74 Å². The molecule has 8 nitrogen and oxygen atoms in total. The van der Waals surface area contributed by atoms with Crippen LogP contribution in [0, 0.1) is 12.8 Å². The van der Waals surface area contributed by atoms with Gasteiger partial charge in [0, 0.05) is 18.7 Å². The van der Waals surface area contributed by atoms with E-state index in [2.05, 4.69) is 5.32 Å². The molecule has 1 N–H and O–H groups in total. The third-order valence-corrected chi connectivity index (χ3v) is 5.48. The SMILES string of the molecule is Cc1ccc(N2C[C@@H](C(=O)O[C@@H](C)C(=O)N3CC(=O)Nc4ccccc43)CC2=O)cc1. The molecule has 1 saturated heterocycles. The lowest BCUT2D eigenvalue weighted by atomic mass is 10.1. The average molecular weight is 421 g/mol. The Balaban J connectivity index is 1.42. The predicted molar refractivity (Wildman–Crippen MR) is 115 cm³/mol. The number of hydrogen-bond donors (Lipinski definition) is 1. The molecule has 0 saturated carbocycles. The van der Waals surface area contributed by atoms with E-state index in [1.54, 1.807) is 29.2 Å².